The van der Waals surface area contributed by atoms with Crippen LogP contribution in [0.15, 0.2) is 60.9 Å². The molecule has 42 heavy (non-hydrogen) atoms. The Kier molecular flexibility index (Phi) is 10.2. The minimum absolute atomic E-state index is 0.000185. The molecular weight excluding hydrogens is 576 g/mol. The SMILES string of the molecule is C[Si](C)CCS(=O)(=O)n1cccc(CC(NC(=O)N2CCC(N3Cc4ccccc4NC3=O)CC2)C(=O)O)cccn1. The molecular formula is C28H37N6O6SSi. The van der Waals surface area contributed by atoms with Gasteiger partial charge in [0.1, 0.15) is 6.04 Å². The molecule has 4 rings (SSSR count). The standard InChI is InChI=1S/C28H37N6O6SSi/c1-42(2)18-17-41(39,40)34-14-6-8-21(7-5-13-29-34)19-25(26(35)36)31-27(37)32-15-11-23(12-16-32)33-20-22-9-3-4-10-24(22)30-28(33)38/h3-10,13-14,23,25H,11-12,15-20H2,1-2H3,(H,30,38)(H,31,37)(H,35,36). The van der Waals surface area contributed by atoms with E-state index in [0.29, 0.717) is 44.1 Å². The summed E-state index contributed by atoms with van der Waals surface area (Å²) in [7, 11) is -4.33. The Balaban J connectivity index is 1.36. The van der Waals surface area contributed by atoms with E-state index in [-0.39, 0.29) is 24.2 Å². The van der Waals surface area contributed by atoms with E-state index in [1.165, 1.54) is 24.5 Å². The topological polar surface area (TPSA) is 154 Å². The lowest BCUT2D eigenvalue weighted by atomic mass is 10.0. The third kappa shape index (κ3) is 8.09. The zero-order chi connectivity index (χ0) is 30.3. The van der Waals surface area contributed by atoms with Gasteiger partial charge in [0.25, 0.3) is 10.0 Å². The van der Waals surface area contributed by atoms with E-state index in [2.05, 4.69) is 15.7 Å². The minimum Gasteiger partial charge on any atom is -0.480 e. The molecule has 2 aliphatic heterocycles. The number of urea groups is 2. The van der Waals surface area contributed by atoms with Crippen molar-refractivity contribution in [3.8, 4) is 0 Å². The number of piperidine rings is 1. The number of amides is 4. The number of carbonyl (C=O) groups excluding carboxylic acids is 2. The van der Waals surface area contributed by atoms with E-state index >= 15 is 0 Å². The number of nitrogens with one attached hydrogen (secondary N) is 2. The zero-order valence-electron chi connectivity index (χ0n) is 23.8. The van der Waals surface area contributed by atoms with Crippen molar-refractivity contribution in [3.05, 3.63) is 72.1 Å². The molecule has 0 saturated carbocycles. The molecule has 1 radical (unpaired) electrons. The molecule has 1 saturated heterocycles. The van der Waals surface area contributed by atoms with Crippen molar-refractivity contribution >= 4 is 42.5 Å². The van der Waals surface area contributed by atoms with Crippen LogP contribution in [-0.2, 0) is 27.8 Å². The molecule has 1 aromatic heterocycles. The first-order valence-corrected chi connectivity index (χ1v) is 18.2. The second-order valence-electron chi connectivity index (χ2n) is 10.7. The largest absolute Gasteiger partial charge is 0.480 e. The lowest BCUT2D eigenvalue weighted by Crippen LogP contribution is -2.54. The lowest BCUT2D eigenvalue weighted by Gasteiger charge is -2.40. The average Bonchev–Trinajstić information content (AvgIpc) is 3.08. The van der Waals surface area contributed by atoms with Crippen LogP contribution in [0.2, 0.25) is 19.1 Å². The Bertz CT molecular complexity index is 1460. The first kappa shape index (κ1) is 31.0. The maximum absolute atomic E-state index is 13.0. The van der Waals surface area contributed by atoms with Crippen molar-refractivity contribution in [2.24, 2.45) is 0 Å². The number of aromatic nitrogens is 2. The van der Waals surface area contributed by atoms with E-state index in [9.17, 15) is 27.9 Å². The van der Waals surface area contributed by atoms with E-state index in [4.69, 9.17) is 0 Å². The van der Waals surface area contributed by atoms with E-state index in [0.717, 1.165) is 15.3 Å². The average molecular weight is 614 g/mol. The Labute approximate surface area is 247 Å². The van der Waals surface area contributed by atoms with Crippen LogP contribution in [0, 0.1) is 0 Å². The second kappa shape index (κ2) is 13.8. The summed E-state index contributed by atoms with van der Waals surface area (Å²) in [5.74, 6) is -1.19. The summed E-state index contributed by atoms with van der Waals surface area (Å²) >= 11 is 0. The Morgan fingerprint density at radius 3 is 2.55 bits per heavy atom. The number of hydrogen-bond acceptors (Lipinski definition) is 6. The number of nitrogens with zero attached hydrogens (tertiary/aromatic N) is 4. The monoisotopic (exact) mass is 613 g/mol. The van der Waals surface area contributed by atoms with Gasteiger partial charge < -0.3 is 25.5 Å². The van der Waals surface area contributed by atoms with Gasteiger partial charge in [-0.05, 0) is 48.2 Å². The molecule has 225 valence electrons. The van der Waals surface area contributed by atoms with Crippen molar-refractivity contribution in [2.45, 2.75) is 57.0 Å². The van der Waals surface area contributed by atoms with Gasteiger partial charge in [0.2, 0.25) is 0 Å². The maximum Gasteiger partial charge on any atom is 0.326 e. The third-order valence-corrected chi connectivity index (χ3v) is 10.5. The molecule has 1 unspecified atom stereocenters. The van der Waals surface area contributed by atoms with Crippen molar-refractivity contribution < 1.29 is 27.9 Å². The fraction of sp³-hybridized carbons (Fsp3) is 0.429. The highest BCUT2D eigenvalue weighted by Gasteiger charge is 2.33. The highest BCUT2D eigenvalue weighted by Crippen LogP contribution is 2.27. The second-order valence-corrected chi connectivity index (χ2v) is 15.6. The predicted molar refractivity (Wildman–Crippen MR) is 161 cm³/mol. The van der Waals surface area contributed by atoms with E-state index in [1.807, 2.05) is 37.4 Å². The summed E-state index contributed by atoms with van der Waals surface area (Å²) in [5, 5.41) is 19.4. The van der Waals surface area contributed by atoms with Crippen LogP contribution in [0.25, 0.3) is 0 Å². The van der Waals surface area contributed by atoms with Crippen molar-refractivity contribution in [3.63, 3.8) is 0 Å². The molecule has 3 N–H and O–H groups in total. The molecule has 0 bridgehead atoms. The van der Waals surface area contributed by atoms with Crippen molar-refractivity contribution in [2.75, 3.05) is 24.2 Å². The minimum atomic E-state index is -3.61. The molecule has 0 aliphatic carbocycles. The van der Waals surface area contributed by atoms with Crippen LogP contribution in [0.4, 0.5) is 15.3 Å². The summed E-state index contributed by atoms with van der Waals surface area (Å²) in [6.45, 7) is 5.37. The zero-order valence-corrected chi connectivity index (χ0v) is 25.6. The number of para-hydroxylation sites is 1. The summed E-state index contributed by atoms with van der Waals surface area (Å²) in [6, 6.07) is 12.7. The predicted octanol–water partition coefficient (Wildman–Crippen LogP) is 3.16. The number of carboxylic acids is 1. The van der Waals surface area contributed by atoms with Crippen LogP contribution in [-0.4, -0.2) is 90.3 Å². The number of fused-ring (bicyclic) bond motifs is 1. The van der Waals surface area contributed by atoms with Gasteiger partial charge in [0.15, 0.2) is 0 Å². The number of likely N-dealkylation sites (tertiary alicyclic amines) is 1. The van der Waals surface area contributed by atoms with Crippen LogP contribution in [0.5, 0.6) is 0 Å². The normalized spacial score (nSPS) is 16.3. The molecule has 0 spiro atoms. The maximum atomic E-state index is 13.0. The van der Waals surface area contributed by atoms with Gasteiger partial charge in [0.05, 0.1) is 5.75 Å². The van der Waals surface area contributed by atoms with Crippen molar-refractivity contribution in [1.82, 2.24) is 24.3 Å². The fourth-order valence-corrected chi connectivity index (χ4v) is 8.21. The molecule has 2 aromatic rings. The van der Waals surface area contributed by atoms with Crippen LogP contribution < -0.4 is 10.6 Å². The number of hydrogen-bond donors (Lipinski definition) is 3. The highest BCUT2D eigenvalue weighted by molar-refractivity contribution is 7.89. The Hall–Kier alpha value is -3.91. The van der Waals surface area contributed by atoms with Crippen molar-refractivity contribution in [1.29, 1.82) is 0 Å². The van der Waals surface area contributed by atoms with Gasteiger partial charge in [-0.2, -0.15) is 9.19 Å². The van der Waals surface area contributed by atoms with E-state index in [1.54, 1.807) is 21.9 Å². The van der Waals surface area contributed by atoms with Gasteiger partial charge in [-0.3, -0.25) is 0 Å². The molecule has 1 fully saturated rings. The number of aliphatic carboxylic acids is 1. The first-order valence-electron chi connectivity index (χ1n) is 13.9. The molecule has 12 nitrogen and oxygen atoms in total. The summed E-state index contributed by atoms with van der Waals surface area (Å²) < 4.78 is 26.2. The smallest absolute Gasteiger partial charge is 0.326 e. The molecule has 1 aromatic carbocycles. The number of anilines is 1. The van der Waals surface area contributed by atoms with E-state index < -0.39 is 36.9 Å². The molecule has 3 heterocycles. The van der Waals surface area contributed by atoms with Gasteiger partial charge >= 0.3 is 18.0 Å². The molecule has 14 heteroatoms. The lowest BCUT2D eigenvalue weighted by molar-refractivity contribution is -0.139. The van der Waals surface area contributed by atoms with Gasteiger partial charge in [-0.15, -0.1) is 0 Å². The Morgan fingerprint density at radius 2 is 1.83 bits per heavy atom. The highest BCUT2D eigenvalue weighted by atomic mass is 32.2. The third-order valence-electron chi connectivity index (χ3n) is 7.33. The first-order chi connectivity index (χ1) is 20.0. The van der Waals surface area contributed by atoms with Crippen LogP contribution >= 0.6 is 0 Å². The van der Waals surface area contributed by atoms with Crippen LogP contribution in [0.1, 0.15) is 24.0 Å². The van der Waals surface area contributed by atoms with Gasteiger partial charge in [-0.25, -0.2) is 22.8 Å². The number of rotatable bonds is 9. The fourth-order valence-electron chi connectivity index (χ4n) is 4.91. The summed E-state index contributed by atoms with van der Waals surface area (Å²) in [6.07, 6.45) is 3.82. The summed E-state index contributed by atoms with van der Waals surface area (Å²) in [5.41, 5.74) is 2.43. The van der Waals surface area contributed by atoms with Gasteiger partial charge in [0, 0.05) is 59.0 Å². The molecule has 4 amide bonds. The molecule has 2 aliphatic rings. The molecule has 1 atom stereocenters. The summed E-state index contributed by atoms with van der Waals surface area (Å²) in [4.78, 5) is 41.1. The van der Waals surface area contributed by atoms with Gasteiger partial charge in [-0.1, -0.05) is 43.4 Å². The quantitative estimate of drug-likeness (QED) is 0.367. The van der Waals surface area contributed by atoms with Crippen LogP contribution in [0.3, 0.4) is 0 Å². The Morgan fingerprint density at radius 1 is 1.12 bits per heavy atom. The number of benzene rings is 1. The number of carboxylic acid groups (broad SMARTS) is 1. The number of carbonyl (C=O) groups is 3.